The van der Waals surface area contributed by atoms with E-state index in [2.05, 4.69) is 21.3 Å². The molecule has 0 spiro atoms. The Morgan fingerprint density at radius 2 is 1.95 bits per heavy atom. The summed E-state index contributed by atoms with van der Waals surface area (Å²) in [5.74, 6) is 0.0316. The smallest absolute Gasteiger partial charge is 0.409 e. The Morgan fingerprint density at radius 1 is 1.17 bits per heavy atom. The predicted molar refractivity (Wildman–Crippen MR) is 161 cm³/mol. The molecule has 1 aromatic carbocycles. The highest BCUT2D eigenvalue weighted by molar-refractivity contribution is 6.30. The van der Waals surface area contributed by atoms with E-state index in [0.717, 1.165) is 33.7 Å². The predicted octanol–water partition coefficient (Wildman–Crippen LogP) is 4.33. The number of imidazole rings is 1. The van der Waals surface area contributed by atoms with Crippen LogP contribution in [0.3, 0.4) is 0 Å². The summed E-state index contributed by atoms with van der Waals surface area (Å²) >= 11 is 6.62. The maximum absolute atomic E-state index is 12.9. The molecular formula is C31H37ClN6O4. The monoisotopic (exact) mass is 592 g/mol. The number of fused-ring (bicyclic) bond motifs is 2. The van der Waals surface area contributed by atoms with E-state index < -0.39 is 6.04 Å². The second kappa shape index (κ2) is 13.1. The summed E-state index contributed by atoms with van der Waals surface area (Å²) in [7, 11) is 3.40. The number of methoxy groups -OCH3 is 1. The molecule has 1 aliphatic carbocycles. The zero-order valence-corrected chi connectivity index (χ0v) is 25.2. The molecule has 2 aliphatic rings. The number of rotatable bonds is 8. The van der Waals surface area contributed by atoms with Crippen LogP contribution in [0.5, 0.6) is 0 Å². The van der Waals surface area contributed by atoms with E-state index >= 15 is 0 Å². The molecule has 0 unspecified atom stereocenters. The maximum Gasteiger partial charge on any atom is 0.409 e. The highest BCUT2D eigenvalue weighted by Crippen LogP contribution is 2.44. The zero-order chi connectivity index (χ0) is 29.8. The first-order valence-electron chi connectivity index (χ1n) is 14.1. The molecule has 42 heavy (non-hydrogen) atoms. The molecule has 1 N–H and O–H groups in total. The molecule has 3 aromatic rings. The van der Waals surface area contributed by atoms with Gasteiger partial charge in [0.05, 0.1) is 42.6 Å². The molecule has 2 atom stereocenters. The second-order valence-corrected chi connectivity index (χ2v) is 11.5. The lowest BCUT2D eigenvalue weighted by Crippen LogP contribution is -2.50. The van der Waals surface area contributed by atoms with E-state index in [1.807, 2.05) is 55.8 Å². The van der Waals surface area contributed by atoms with E-state index in [4.69, 9.17) is 26.1 Å². The third-order valence-corrected chi connectivity index (χ3v) is 7.82. The zero-order valence-electron chi connectivity index (χ0n) is 24.4. The molecule has 222 valence electrons. The van der Waals surface area contributed by atoms with Gasteiger partial charge in [-0.3, -0.25) is 14.7 Å². The van der Waals surface area contributed by atoms with Crippen LogP contribution in [0.25, 0.3) is 11.6 Å². The number of benzene rings is 1. The van der Waals surface area contributed by atoms with Crippen LogP contribution in [0.15, 0.2) is 49.1 Å². The number of nitrogens with zero attached hydrogens (tertiary/aromatic N) is 5. The van der Waals surface area contributed by atoms with Crippen molar-refractivity contribution in [2.45, 2.75) is 25.9 Å². The summed E-state index contributed by atoms with van der Waals surface area (Å²) in [5, 5.41) is 3.74. The molecule has 1 saturated heterocycles. The van der Waals surface area contributed by atoms with Crippen LogP contribution < -0.4 is 5.32 Å². The van der Waals surface area contributed by atoms with Gasteiger partial charge in [-0.05, 0) is 52.5 Å². The number of nitrogens with one attached hydrogen (secondary N) is 1. The van der Waals surface area contributed by atoms with Gasteiger partial charge in [-0.25, -0.2) is 9.78 Å². The summed E-state index contributed by atoms with van der Waals surface area (Å²) in [6.45, 7) is 6.75. The number of hydrogen-bond acceptors (Lipinski definition) is 7. The number of aryl methyl sites for hydroxylation is 1. The van der Waals surface area contributed by atoms with Gasteiger partial charge in [-0.2, -0.15) is 0 Å². The summed E-state index contributed by atoms with van der Waals surface area (Å²) in [4.78, 5) is 38.9. The van der Waals surface area contributed by atoms with Gasteiger partial charge in [0.2, 0.25) is 5.91 Å². The van der Waals surface area contributed by atoms with E-state index in [1.54, 1.807) is 23.6 Å². The number of carbonyl (C=O) groups excluding carboxylic acids is 2. The molecule has 0 radical (unpaired) electrons. The number of aromatic nitrogens is 3. The maximum atomic E-state index is 12.9. The molecule has 11 heteroatoms. The van der Waals surface area contributed by atoms with Crippen molar-refractivity contribution in [3.05, 3.63) is 82.2 Å². The first-order valence-corrected chi connectivity index (χ1v) is 14.5. The van der Waals surface area contributed by atoms with E-state index in [1.165, 1.54) is 7.11 Å². The van der Waals surface area contributed by atoms with Gasteiger partial charge in [0.25, 0.3) is 0 Å². The fraction of sp³-hybridized carbons (Fsp3) is 0.419. The largest absolute Gasteiger partial charge is 0.449 e. The molecule has 2 amide bonds. The van der Waals surface area contributed by atoms with Crippen LogP contribution in [-0.2, 0) is 21.3 Å². The van der Waals surface area contributed by atoms with Crippen molar-refractivity contribution in [1.82, 2.24) is 29.7 Å². The van der Waals surface area contributed by atoms with Gasteiger partial charge in [-0.1, -0.05) is 37.6 Å². The minimum atomic E-state index is -0.531. The van der Waals surface area contributed by atoms with Crippen LogP contribution >= 0.6 is 11.6 Å². The molecule has 2 aromatic heterocycles. The van der Waals surface area contributed by atoms with E-state index in [0.29, 0.717) is 37.8 Å². The summed E-state index contributed by atoms with van der Waals surface area (Å²) < 4.78 is 12.5. The summed E-state index contributed by atoms with van der Waals surface area (Å²) in [6, 6.07) is 9.11. The van der Waals surface area contributed by atoms with E-state index in [9.17, 15) is 9.59 Å². The van der Waals surface area contributed by atoms with Gasteiger partial charge in [0.15, 0.2) is 0 Å². The fourth-order valence-corrected chi connectivity index (χ4v) is 5.75. The van der Waals surface area contributed by atoms with Crippen LogP contribution in [0.4, 0.5) is 4.79 Å². The number of hydrogen-bond donors (Lipinski definition) is 1. The summed E-state index contributed by atoms with van der Waals surface area (Å²) in [5.41, 5.74) is 5.46. The van der Waals surface area contributed by atoms with E-state index in [-0.39, 0.29) is 30.6 Å². The molecule has 1 aliphatic heterocycles. The molecular weight excluding hydrogens is 556 g/mol. The van der Waals surface area contributed by atoms with Crippen molar-refractivity contribution in [2.75, 3.05) is 46.5 Å². The van der Waals surface area contributed by atoms with Crippen LogP contribution in [0, 0.1) is 5.92 Å². The number of carbonyl (C=O) groups is 2. The average molecular weight is 593 g/mol. The lowest BCUT2D eigenvalue weighted by atomic mass is 9.89. The minimum Gasteiger partial charge on any atom is -0.449 e. The number of amides is 2. The lowest BCUT2D eigenvalue weighted by Gasteiger charge is -2.39. The standard InChI is InChI=1S/C31H37ClN6O4/c1-20(2)17-42-31(40)38-12-10-37(11-13-38)30-23-8-7-22(32)15-24(23)25(14-21-6-5-9-34-28(21)30)29(35-27(39)18-41-4)26-16-33-19-36(26)3/h5-9,14-16,19-20,29-30H,10-13,17-18H2,1-4H3,(H,35,39)/t29-,30+/m1/s1. The average Bonchev–Trinajstić information content (AvgIpc) is 3.34. The SMILES string of the molecule is COCC(=O)N[C@H](C1=Cc2cccnc2[C@@H](N2CCN(C(=O)OCC(C)C)CC2)c2ccc(Cl)cc21)c1cncn1C. The molecule has 3 heterocycles. The normalized spacial score (nSPS) is 17.6. The van der Waals surface area contributed by atoms with Gasteiger partial charge in [0, 0.05) is 51.6 Å². The van der Waals surface area contributed by atoms with Crippen LogP contribution in [0.2, 0.25) is 5.02 Å². The van der Waals surface area contributed by atoms with Crippen LogP contribution in [0.1, 0.15) is 54.0 Å². The van der Waals surface area contributed by atoms with Crippen molar-refractivity contribution in [2.24, 2.45) is 13.0 Å². The Labute approximate surface area is 251 Å². The number of ether oxygens (including phenoxy) is 2. The van der Waals surface area contributed by atoms with Crippen molar-refractivity contribution in [3.8, 4) is 0 Å². The number of pyridine rings is 1. The second-order valence-electron chi connectivity index (χ2n) is 11.1. The third kappa shape index (κ3) is 6.35. The van der Waals surface area contributed by atoms with Gasteiger partial charge in [0.1, 0.15) is 6.61 Å². The Hall–Kier alpha value is -3.73. The molecule has 0 saturated carbocycles. The Kier molecular flexibility index (Phi) is 9.25. The van der Waals surface area contributed by atoms with Crippen molar-refractivity contribution in [3.63, 3.8) is 0 Å². The minimum absolute atomic E-state index is 0.0747. The van der Waals surface area contributed by atoms with Crippen molar-refractivity contribution in [1.29, 1.82) is 0 Å². The fourth-order valence-electron chi connectivity index (χ4n) is 5.58. The van der Waals surface area contributed by atoms with Gasteiger partial charge < -0.3 is 24.3 Å². The van der Waals surface area contributed by atoms with Gasteiger partial charge >= 0.3 is 6.09 Å². The number of piperazine rings is 1. The summed E-state index contributed by atoms with van der Waals surface area (Å²) in [6.07, 6.45) is 7.09. The third-order valence-electron chi connectivity index (χ3n) is 7.58. The molecule has 0 bridgehead atoms. The Morgan fingerprint density at radius 3 is 2.64 bits per heavy atom. The first-order chi connectivity index (χ1) is 20.3. The number of halogens is 1. The topological polar surface area (TPSA) is 102 Å². The molecule has 1 fully saturated rings. The van der Waals surface area contributed by atoms with Crippen molar-refractivity contribution >= 4 is 35.3 Å². The quantitative estimate of drug-likeness (QED) is 0.415. The van der Waals surface area contributed by atoms with Crippen LogP contribution in [-0.4, -0.2) is 82.8 Å². The van der Waals surface area contributed by atoms with Crippen molar-refractivity contribution < 1.29 is 19.1 Å². The molecule has 10 nitrogen and oxygen atoms in total. The Balaban J connectivity index is 1.56. The first kappa shape index (κ1) is 29.8. The Bertz CT molecular complexity index is 1460. The highest BCUT2D eigenvalue weighted by atomic mass is 35.5. The highest BCUT2D eigenvalue weighted by Gasteiger charge is 2.36. The lowest BCUT2D eigenvalue weighted by molar-refractivity contribution is -0.125. The molecule has 5 rings (SSSR count). The van der Waals surface area contributed by atoms with Gasteiger partial charge in [-0.15, -0.1) is 0 Å².